The molecule has 0 saturated carbocycles. The van der Waals surface area contributed by atoms with Crippen LogP contribution >= 0.6 is 0 Å². The van der Waals surface area contributed by atoms with E-state index in [2.05, 4.69) is 10.2 Å². The molecule has 66 valence electrons. The highest BCUT2D eigenvalue weighted by molar-refractivity contribution is 5.34. The number of nitrogen functional groups attached to an aromatic ring is 1. The van der Waals surface area contributed by atoms with Crippen LogP contribution in [0.2, 0.25) is 0 Å². The van der Waals surface area contributed by atoms with Gasteiger partial charge in [-0.2, -0.15) is 0 Å². The molecule has 4 nitrogen and oxygen atoms in total. The molecule has 3 N–H and O–H groups in total. The molecule has 0 aliphatic heterocycles. The number of H-pyrrole nitrogens is 1. The number of hydrogen-bond donors (Lipinski definition) is 2. The van der Waals surface area contributed by atoms with Crippen molar-refractivity contribution < 1.29 is 4.74 Å². The summed E-state index contributed by atoms with van der Waals surface area (Å²) in [6.45, 7) is 0. The van der Waals surface area contributed by atoms with Crippen molar-refractivity contribution in [1.29, 1.82) is 0 Å². The van der Waals surface area contributed by atoms with Gasteiger partial charge in [0.2, 0.25) is 5.88 Å². The maximum Gasteiger partial charge on any atom is 0.240 e. The molecule has 0 aliphatic carbocycles. The highest BCUT2D eigenvalue weighted by Gasteiger charge is 1.99. The van der Waals surface area contributed by atoms with Gasteiger partial charge in [0.25, 0.3) is 0 Å². The van der Waals surface area contributed by atoms with Crippen molar-refractivity contribution in [3.05, 3.63) is 36.4 Å². The Morgan fingerprint density at radius 3 is 2.62 bits per heavy atom. The van der Waals surface area contributed by atoms with Gasteiger partial charge in [0.05, 0.1) is 0 Å². The van der Waals surface area contributed by atoms with Gasteiger partial charge in [-0.15, -0.1) is 5.10 Å². The molecule has 0 saturated heterocycles. The van der Waals surface area contributed by atoms with Crippen LogP contribution in [0.1, 0.15) is 0 Å². The summed E-state index contributed by atoms with van der Waals surface area (Å²) >= 11 is 0. The van der Waals surface area contributed by atoms with Crippen molar-refractivity contribution in [2.24, 2.45) is 0 Å². The molecule has 1 aromatic heterocycles. The number of nitrogens with one attached hydrogen (secondary N) is 1. The number of nitrogens with zero attached hydrogens (tertiary/aromatic N) is 1. The van der Waals surface area contributed by atoms with Gasteiger partial charge in [0.1, 0.15) is 11.6 Å². The van der Waals surface area contributed by atoms with Gasteiger partial charge >= 0.3 is 0 Å². The van der Waals surface area contributed by atoms with Crippen molar-refractivity contribution in [3.8, 4) is 11.6 Å². The maximum absolute atomic E-state index is 5.43. The third kappa shape index (κ3) is 1.79. The molecule has 2 aromatic rings. The number of ether oxygens (including phenoxy) is 1. The standard InChI is InChI=1S/C9H9N3O/c10-8-6-9(12-11-8)13-7-4-2-1-3-5-7/h1-6H,(H3,10,11,12). The number of anilines is 1. The topological polar surface area (TPSA) is 63.9 Å². The van der Waals surface area contributed by atoms with Crippen LogP contribution in [0, 0.1) is 0 Å². The van der Waals surface area contributed by atoms with Crippen molar-refractivity contribution in [2.75, 3.05) is 5.73 Å². The molecule has 0 amide bonds. The molecular formula is C9H9N3O. The Kier molecular flexibility index (Phi) is 1.88. The summed E-state index contributed by atoms with van der Waals surface area (Å²) in [6.07, 6.45) is 0. The first-order chi connectivity index (χ1) is 6.34. The van der Waals surface area contributed by atoms with Crippen LogP contribution < -0.4 is 10.5 Å². The van der Waals surface area contributed by atoms with Gasteiger partial charge < -0.3 is 10.5 Å². The van der Waals surface area contributed by atoms with E-state index in [1.54, 1.807) is 6.07 Å². The van der Waals surface area contributed by atoms with Crippen LogP contribution in [0.5, 0.6) is 11.6 Å². The van der Waals surface area contributed by atoms with E-state index in [9.17, 15) is 0 Å². The summed E-state index contributed by atoms with van der Waals surface area (Å²) in [7, 11) is 0. The predicted octanol–water partition coefficient (Wildman–Crippen LogP) is 1.78. The fourth-order valence-electron chi connectivity index (χ4n) is 0.979. The number of hydrogen-bond acceptors (Lipinski definition) is 3. The number of para-hydroxylation sites is 1. The number of benzene rings is 1. The fraction of sp³-hybridized carbons (Fsp3) is 0. The molecule has 0 fully saturated rings. The first kappa shape index (κ1) is 7.67. The van der Waals surface area contributed by atoms with E-state index in [1.807, 2.05) is 30.3 Å². The molecule has 4 heteroatoms. The Morgan fingerprint density at radius 1 is 1.23 bits per heavy atom. The molecule has 0 spiro atoms. The van der Waals surface area contributed by atoms with E-state index in [0.29, 0.717) is 11.7 Å². The first-order valence-electron chi connectivity index (χ1n) is 3.88. The van der Waals surface area contributed by atoms with Gasteiger partial charge in [-0.25, -0.2) is 0 Å². The molecule has 13 heavy (non-hydrogen) atoms. The molecule has 2 rings (SSSR count). The molecule has 0 aliphatic rings. The Hall–Kier alpha value is -1.97. The lowest BCUT2D eigenvalue weighted by Crippen LogP contribution is -1.82. The fourth-order valence-corrected chi connectivity index (χ4v) is 0.979. The predicted molar refractivity (Wildman–Crippen MR) is 49.5 cm³/mol. The quantitative estimate of drug-likeness (QED) is 0.731. The van der Waals surface area contributed by atoms with Crippen molar-refractivity contribution in [1.82, 2.24) is 10.2 Å². The smallest absolute Gasteiger partial charge is 0.240 e. The van der Waals surface area contributed by atoms with E-state index in [-0.39, 0.29) is 0 Å². The first-order valence-corrected chi connectivity index (χ1v) is 3.88. The zero-order valence-electron chi connectivity index (χ0n) is 6.90. The lowest BCUT2D eigenvalue weighted by molar-refractivity contribution is 0.461. The number of nitrogens with two attached hydrogens (primary N) is 1. The molecule has 0 radical (unpaired) electrons. The summed E-state index contributed by atoms with van der Waals surface area (Å²) in [4.78, 5) is 0. The largest absolute Gasteiger partial charge is 0.437 e. The van der Waals surface area contributed by atoms with E-state index < -0.39 is 0 Å². The molecule has 0 atom stereocenters. The van der Waals surface area contributed by atoms with Gasteiger partial charge in [-0.1, -0.05) is 18.2 Å². The van der Waals surface area contributed by atoms with Crippen LogP contribution in [0.3, 0.4) is 0 Å². The highest BCUT2D eigenvalue weighted by atomic mass is 16.5. The minimum absolute atomic E-state index is 0.476. The normalized spacial score (nSPS) is 9.85. The van der Waals surface area contributed by atoms with E-state index in [1.165, 1.54) is 0 Å². The summed E-state index contributed by atoms with van der Waals surface area (Å²) in [6, 6.07) is 11.0. The zero-order chi connectivity index (χ0) is 9.10. The Balaban J connectivity index is 2.15. The molecular weight excluding hydrogens is 166 g/mol. The summed E-state index contributed by atoms with van der Waals surface area (Å²) in [5.41, 5.74) is 5.43. The third-order valence-corrected chi connectivity index (χ3v) is 1.54. The lowest BCUT2D eigenvalue weighted by Gasteiger charge is -1.99. The van der Waals surface area contributed by atoms with Gasteiger partial charge in [0, 0.05) is 6.07 Å². The summed E-state index contributed by atoms with van der Waals surface area (Å²) < 4.78 is 5.38. The third-order valence-electron chi connectivity index (χ3n) is 1.54. The average molecular weight is 175 g/mol. The van der Waals surface area contributed by atoms with Crippen LogP contribution in [0.25, 0.3) is 0 Å². The summed E-state index contributed by atoms with van der Waals surface area (Å²) in [5, 5.41) is 6.43. The van der Waals surface area contributed by atoms with E-state index in [4.69, 9.17) is 10.5 Å². The van der Waals surface area contributed by atoms with Gasteiger partial charge in [0.15, 0.2) is 0 Å². The van der Waals surface area contributed by atoms with Gasteiger partial charge in [-0.05, 0) is 12.1 Å². The monoisotopic (exact) mass is 175 g/mol. The number of aromatic amines is 1. The maximum atomic E-state index is 5.43. The van der Waals surface area contributed by atoms with E-state index >= 15 is 0 Å². The second-order valence-electron chi connectivity index (χ2n) is 2.58. The van der Waals surface area contributed by atoms with E-state index in [0.717, 1.165) is 5.75 Å². The van der Waals surface area contributed by atoms with Crippen molar-refractivity contribution in [2.45, 2.75) is 0 Å². The van der Waals surface area contributed by atoms with Gasteiger partial charge in [-0.3, -0.25) is 5.10 Å². The minimum atomic E-state index is 0.476. The average Bonchev–Trinajstić information content (AvgIpc) is 2.53. The van der Waals surface area contributed by atoms with Crippen LogP contribution in [-0.2, 0) is 0 Å². The lowest BCUT2D eigenvalue weighted by atomic mass is 10.3. The van der Waals surface area contributed by atoms with Crippen LogP contribution in [0.4, 0.5) is 5.82 Å². The number of rotatable bonds is 2. The molecule has 0 unspecified atom stereocenters. The number of aromatic nitrogens is 2. The minimum Gasteiger partial charge on any atom is -0.437 e. The van der Waals surface area contributed by atoms with Crippen molar-refractivity contribution in [3.63, 3.8) is 0 Å². The van der Waals surface area contributed by atoms with Crippen LogP contribution in [0.15, 0.2) is 36.4 Å². The van der Waals surface area contributed by atoms with Crippen molar-refractivity contribution >= 4 is 5.82 Å². The Labute approximate surface area is 75.3 Å². The highest BCUT2D eigenvalue weighted by Crippen LogP contribution is 2.19. The molecule has 0 bridgehead atoms. The SMILES string of the molecule is Nc1cc(Oc2ccccc2)n[nH]1. The second-order valence-corrected chi connectivity index (χ2v) is 2.58. The summed E-state index contributed by atoms with van der Waals surface area (Å²) in [5.74, 6) is 1.71. The Bertz CT molecular complexity index is 383. The Morgan fingerprint density at radius 2 is 2.00 bits per heavy atom. The van der Waals surface area contributed by atoms with Crippen LogP contribution in [-0.4, -0.2) is 10.2 Å². The molecule has 1 heterocycles. The zero-order valence-corrected chi connectivity index (χ0v) is 6.90. The second kappa shape index (κ2) is 3.18. The molecule has 1 aromatic carbocycles.